The predicted molar refractivity (Wildman–Crippen MR) is 81.0 cm³/mol. The Morgan fingerprint density at radius 2 is 1.95 bits per heavy atom. The summed E-state index contributed by atoms with van der Waals surface area (Å²) in [5.41, 5.74) is 5.86. The fraction of sp³-hybridized carbons (Fsp3) is 1.00. The molecule has 4 nitrogen and oxygen atoms in total. The van der Waals surface area contributed by atoms with E-state index < -0.39 is 9.84 Å². The molecular formula is C14H30N2O2S. The topological polar surface area (TPSA) is 63.4 Å². The van der Waals surface area contributed by atoms with Gasteiger partial charge in [-0.3, -0.25) is 4.90 Å². The molecule has 1 heterocycles. The Hall–Kier alpha value is -0.130. The lowest BCUT2D eigenvalue weighted by molar-refractivity contribution is 0.179. The van der Waals surface area contributed by atoms with Gasteiger partial charge in [-0.15, -0.1) is 0 Å². The molecule has 5 heteroatoms. The molecule has 2 atom stereocenters. The summed E-state index contributed by atoms with van der Waals surface area (Å²) in [5, 5.41) is 0. The van der Waals surface area contributed by atoms with Crippen molar-refractivity contribution in [2.75, 3.05) is 25.1 Å². The van der Waals surface area contributed by atoms with Crippen molar-refractivity contribution in [3.05, 3.63) is 0 Å². The van der Waals surface area contributed by atoms with Gasteiger partial charge in [0.05, 0.1) is 11.5 Å². The van der Waals surface area contributed by atoms with Crippen LogP contribution in [0.3, 0.4) is 0 Å². The molecule has 0 aromatic rings. The monoisotopic (exact) mass is 290 g/mol. The quantitative estimate of drug-likeness (QED) is 0.658. The van der Waals surface area contributed by atoms with Crippen molar-refractivity contribution in [2.24, 2.45) is 5.73 Å². The lowest BCUT2D eigenvalue weighted by atomic mass is 10.0. The van der Waals surface area contributed by atoms with Crippen LogP contribution in [-0.4, -0.2) is 50.5 Å². The first-order chi connectivity index (χ1) is 9.00. The van der Waals surface area contributed by atoms with Crippen molar-refractivity contribution in [2.45, 2.75) is 64.0 Å². The maximum absolute atomic E-state index is 11.5. The zero-order valence-corrected chi connectivity index (χ0v) is 13.3. The van der Waals surface area contributed by atoms with E-state index in [-0.39, 0.29) is 6.04 Å². The standard InChI is InChI=1S/C14H30N2O2S/c1-3-4-5-6-7-8-13(11-15)16(2)14-9-10-19(17,18)12-14/h13-14H,3-12,15H2,1-2H3. The molecule has 1 aliphatic rings. The minimum absolute atomic E-state index is 0.175. The summed E-state index contributed by atoms with van der Waals surface area (Å²) in [6.07, 6.45) is 8.20. The Morgan fingerprint density at radius 3 is 2.47 bits per heavy atom. The summed E-state index contributed by atoms with van der Waals surface area (Å²) in [6.45, 7) is 2.85. The molecule has 0 amide bonds. The SMILES string of the molecule is CCCCCCCC(CN)N(C)C1CCS(=O)(=O)C1. The van der Waals surface area contributed by atoms with Crippen molar-refractivity contribution in [1.82, 2.24) is 4.90 Å². The van der Waals surface area contributed by atoms with Gasteiger partial charge in [0.15, 0.2) is 9.84 Å². The number of rotatable bonds is 9. The third kappa shape index (κ3) is 5.79. The van der Waals surface area contributed by atoms with Gasteiger partial charge >= 0.3 is 0 Å². The van der Waals surface area contributed by atoms with Gasteiger partial charge in [0.1, 0.15) is 0 Å². The van der Waals surface area contributed by atoms with E-state index in [1.807, 2.05) is 7.05 Å². The molecule has 0 spiro atoms. The van der Waals surface area contributed by atoms with Gasteiger partial charge in [0, 0.05) is 18.6 Å². The van der Waals surface area contributed by atoms with Gasteiger partial charge in [0.25, 0.3) is 0 Å². The molecule has 2 N–H and O–H groups in total. The van der Waals surface area contributed by atoms with Crippen LogP contribution in [0.5, 0.6) is 0 Å². The number of sulfone groups is 1. The first-order valence-corrected chi connectivity index (χ1v) is 9.44. The van der Waals surface area contributed by atoms with E-state index in [4.69, 9.17) is 5.73 Å². The molecule has 1 saturated heterocycles. The highest BCUT2D eigenvalue weighted by Gasteiger charge is 2.32. The van der Waals surface area contributed by atoms with Crippen LogP contribution in [0.1, 0.15) is 51.9 Å². The second kappa shape index (κ2) is 8.22. The maximum atomic E-state index is 11.5. The molecule has 19 heavy (non-hydrogen) atoms. The summed E-state index contributed by atoms with van der Waals surface area (Å²) in [4.78, 5) is 2.21. The third-order valence-electron chi connectivity index (χ3n) is 4.27. The van der Waals surface area contributed by atoms with E-state index in [0.29, 0.717) is 24.1 Å². The molecule has 1 rings (SSSR count). The average molecular weight is 290 g/mol. The van der Waals surface area contributed by atoms with E-state index in [1.54, 1.807) is 0 Å². The fourth-order valence-electron chi connectivity index (χ4n) is 2.87. The molecule has 1 aliphatic heterocycles. The van der Waals surface area contributed by atoms with Crippen LogP contribution in [0.15, 0.2) is 0 Å². The van der Waals surface area contributed by atoms with E-state index >= 15 is 0 Å². The molecule has 114 valence electrons. The van der Waals surface area contributed by atoms with Crippen LogP contribution >= 0.6 is 0 Å². The smallest absolute Gasteiger partial charge is 0.151 e. The van der Waals surface area contributed by atoms with E-state index in [1.165, 1.54) is 32.1 Å². The number of nitrogens with two attached hydrogens (primary N) is 1. The average Bonchev–Trinajstić information content (AvgIpc) is 2.73. The Morgan fingerprint density at radius 1 is 1.26 bits per heavy atom. The summed E-state index contributed by atoms with van der Waals surface area (Å²) < 4.78 is 23.1. The summed E-state index contributed by atoms with van der Waals surface area (Å²) >= 11 is 0. The van der Waals surface area contributed by atoms with Gasteiger partial charge in [-0.2, -0.15) is 0 Å². The molecule has 0 aromatic carbocycles. The molecule has 0 aromatic heterocycles. The van der Waals surface area contributed by atoms with Crippen LogP contribution in [0, 0.1) is 0 Å². The predicted octanol–water partition coefficient (Wildman–Crippen LogP) is 1.79. The number of likely N-dealkylation sites (N-methyl/N-ethyl adjacent to an activating group) is 1. The minimum Gasteiger partial charge on any atom is -0.329 e. The normalized spacial score (nSPS) is 23.9. The number of nitrogens with zero attached hydrogens (tertiary/aromatic N) is 1. The molecule has 0 saturated carbocycles. The zero-order valence-electron chi connectivity index (χ0n) is 12.5. The largest absolute Gasteiger partial charge is 0.329 e. The first-order valence-electron chi connectivity index (χ1n) is 7.62. The van der Waals surface area contributed by atoms with Gasteiger partial charge < -0.3 is 5.73 Å². The van der Waals surface area contributed by atoms with Gasteiger partial charge in [-0.25, -0.2) is 8.42 Å². The van der Waals surface area contributed by atoms with Gasteiger partial charge in [0.2, 0.25) is 0 Å². The Bertz CT molecular complexity index is 343. The number of hydrogen-bond acceptors (Lipinski definition) is 4. The van der Waals surface area contributed by atoms with Crippen molar-refractivity contribution in [3.8, 4) is 0 Å². The third-order valence-corrected chi connectivity index (χ3v) is 6.02. The van der Waals surface area contributed by atoms with Gasteiger partial charge in [-0.1, -0.05) is 39.0 Å². The van der Waals surface area contributed by atoms with Crippen molar-refractivity contribution in [3.63, 3.8) is 0 Å². The molecule has 0 radical (unpaired) electrons. The van der Waals surface area contributed by atoms with Crippen LogP contribution in [0.25, 0.3) is 0 Å². The number of hydrogen-bond donors (Lipinski definition) is 1. The first kappa shape index (κ1) is 16.9. The lowest BCUT2D eigenvalue weighted by Crippen LogP contribution is -2.44. The highest BCUT2D eigenvalue weighted by molar-refractivity contribution is 7.91. The van der Waals surface area contributed by atoms with Crippen molar-refractivity contribution >= 4 is 9.84 Å². The summed E-state index contributed by atoms with van der Waals surface area (Å²) in [5.74, 6) is 0.658. The number of unbranched alkanes of at least 4 members (excludes halogenated alkanes) is 4. The van der Waals surface area contributed by atoms with Gasteiger partial charge in [-0.05, 0) is 19.9 Å². The van der Waals surface area contributed by atoms with Crippen LogP contribution in [0.2, 0.25) is 0 Å². The Kier molecular flexibility index (Phi) is 7.32. The van der Waals surface area contributed by atoms with E-state index in [9.17, 15) is 8.42 Å². The fourth-order valence-corrected chi connectivity index (χ4v) is 4.65. The Labute approximate surface area is 118 Å². The Balaban J connectivity index is 2.33. The van der Waals surface area contributed by atoms with Crippen LogP contribution < -0.4 is 5.73 Å². The molecule has 2 unspecified atom stereocenters. The van der Waals surface area contributed by atoms with Crippen molar-refractivity contribution in [1.29, 1.82) is 0 Å². The van der Waals surface area contributed by atoms with E-state index in [0.717, 1.165) is 12.8 Å². The zero-order chi connectivity index (χ0) is 14.3. The summed E-state index contributed by atoms with van der Waals surface area (Å²) in [6, 6.07) is 0.508. The molecule has 0 bridgehead atoms. The molecule has 0 aliphatic carbocycles. The molecular weight excluding hydrogens is 260 g/mol. The second-order valence-corrected chi connectivity index (χ2v) is 8.04. The highest BCUT2D eigenvalue weighted by atomic mass is 32.2. The maximum Gasteiger partial charge on any atom is 0.151 e. The second-order valence-electron chi connectivity index (χ2n) is 5.81. The molecule has 1 fully saturated rings. The van der Waals surface area contributed by atoms with Crippen molar-refractivity contribution < 1.29 is 8.42 Å². The van der Waals surface area contributed by atoms with Crippen LogP contribution in [-0.2, 0) is 9.84 Å². The lowest BCUT2D eigenvalue weighted by Gasteiger charge is -2.31. The minimum atomic E-state index is -2.80. The summed E-state index contributed by atoms with van der Waals surface area (Å²) in [7, 11) is -0.760. The van der Waals surface area contributed by atoms with Crippen LogP contribution in [0.4, 0.5) is 0 Å². The van der Waals surface area contributed by atoms with E-state index in [2.05, 4.69) is 11.8 Å². The highest BCUT2D eigenvalue weighted by Crippen LogP contribution is 2.20.